The highest BCUT2D eigenvalue weighted by Crippen LogP contribution is 2.18. The first-order chi connectivity index (χ1) is 11.2. The van der Waals surface area contributed by atoms with Gasteiger partial charge in [0.25, 0.3) is 5.91 Å². The lowest BCUT2D eigenvalue weighted by Gasteiger charge is -2.18. The fraction of sp³-hybridized carbons (Fsp3) is 0.438. The van der Waals surface area contributed by atoms with Crippen LogP contribution in [0.5, 0.6) is 0 Å². The summed E-state index contributed by atoms with van der Waals surface area (Å²) in [5.41, 5.74) is 5.94. The lowest BCUT2D eigenvalue weighted by atomic mass is 10.0. The van der Waals surface area contributed by atoms with Crippen LogP contribution in [0.15, 0.2) is 18.2 Å². The Kier molecular flexibility index (Phi) is 7.51. The molecule has 0 radical (unpaired) electrons. The largest absolute Gasteiger partial charge is 0.467 e. The zero-order chi connectivity index (χ0) is 18.3. The molecule has 1 aromatic carbocycles. The van der Waals surface area contributed by atoms with Crippen LogP contribution in [0.25, 0.3) is 0 Å². The second kappa shape index (κ2) is 9.12. The van der Waals surface area contributed by atoms with Crippen molar-refractivity contribution in [1.82, 2.24) is 5.32 Å². The molecule has 0 aromatic heterocycles. The molecule has 0 unspecified atom stereocenters. The molecule has 7 nitrogen and oxygen atoms in total. The van der Waals surface area contributed by atoms with Gasteiger partial charge in [0.1, 0.15) is 6.04 Å². The number of hydrogen-bond donors (Lipinski definition) is 2. The zero-order valence-electron chi connectivity index (χ0n) is 13.8. The number of carbonyl (C=O) groups is 3. The van der Waals surface area contributed by atoms with Gasteiger partial charge in [0.15, 0.2) is 6.61 Å². The molecule has 1 rings (SSSR count). The number of carbonyl (C=O) groups excluding carboxylic acids is 3. The lowest BCUT2D eigenvalue weighted by molar-refractivity contribution is -0.145. The number of esters is 2. The van der Waals surface area contributed by atoms with Crippen molar-refractivity contribution in [2.24, 2.45) is 5.92 Å². The highest BCUT2D eigenvalue weighted by molar-refractivity contribution is 6.31. The third kappa shape index (κ3) is 6.08. The molecule has 0 heterocycles. The molecule has 0 bridgehead atoms. The number of nitrogens with two attached hydrogens (primary N) is 1. The summed E-state index contributed by atoms with van der Waals surface area (Å²) in [5.74, 6) is -1.74. The maximum atomic E-state index is 11.9. The van der Waals surface area contributed by atoms with E-state index in [1.165, 1.54) is 25.3 Å². The topological polar surface area (TPSA) is 108 Å². The summed E-state index contributed by atoms with van der Waals surface area (Å²) in [6.45, 7) is 3.28. The Bertz CT molecular complexity index is 618. The summed E-state index contributed by atoms with van der Waals surface area (Å²) in [4.78, 5) is 35.4. The standard InChI is InChI=1S/C16H21ClN2O5/c1-9(2)6-13(16(22)23-3)19-14(20)8-24-15(21)11-5-4-10(17)7-12(11)18/h4-5,7,9,13H,6,8,18H2,1-3H3,(H,19,20)/t13-/m0/s1. The number of nitrogen functional groups attached to an aromatic ring is 1. The van der Waals surface area contributed by atoms with Gasteiger partial charge in [-0.2, -0.15) is 0 Å². The second-order valence-corrected chi connectivity index (χ2v) is 6.02. The van der Waals surface area contributed by atoms with Gasteiger partial charge in [0.2, 0.25) is 0 Å². The van der Waals surface area contributed by atoms with Crippen molar-refractivity contribution in [2.45, 2.75) is 26.3 Å². The van der Waals surface area contributed by atoms with E-state index in [9.17, 15) is 14.4 Å². The summed E-state index contributed by atoms with van der Waals surface area (Å²) in [7, 11) is 1.24. The summed E-state index contributed by atoms with van der Waals surface area (Å²) >= 11 is 5.75. The Morgan fingerprint density at radius 3 is 2.50 bits per heavy atom. The van der Waals surface area contributed by atoms with Crippen molar-refractivity contribution in [3.8, 4) is 0 Å². The van der Waals surface area contributed by atoms with Gasteiger partial charge in [0.05, 0.1) is 12.7 Å². The van der Waals surface area contributed by atoms with Crippen LogP contribution in [-0.4, -0.2) is 37.6 Å². The Morgan fingerprint density at radius 2 is 1.96 bits per heavy atom. The molecule has 0 aliphatic carbocycles. The predicted octanol–water partition coefficient (Wildman–Crippen LogP) is 1.78. The van der Waals surface area contributed by atoms with Gasteiger partial charge in [-0.15, -0.1) is 0 Å². The third-order valence-corrected chi connectivity index (χ3v) is 3.33. The quantitative estimate of drug-likeness (QED) is 0.569. The third-order valence-electron chi connectivity index (χ3n) is 3.10. The normalized spacial score (nSPS) is 11.7. The van der Waals surface area contributed by atoms with Gasteiger partial charge in [-0.3, -0.25) is 4.79 Å². The van der Waals surface area contributed by atoms with Gasteiger partial charge in [0, 0.05) is 10.7 Å². The maximum Gasteiger partial charge on any atom is 0.340 e. The average molecular weight is 357 g/mol. The van der Waals surface area contributed by atoms with Gasteiger partial charge in [-0.05, 0) is 30.5 Å². The molecule has 0 fully saturated rings. The Balaban J connectivity index is 2.60. The first-order valence-electron chi connectivity index (χ1n) is 7.34. The second-order valence-electron chi connectivity index (χ2n) is 5.58. The van der Waals surface area contributed by atoms with Crippen molar-refractivity contribution in [3.05, 3.63) is 28.8 Å². The molecule has 0 aliphatic heterocycles. The molecular weight excluding hydrogens is 336 g/mol. The van der Waals surface area contributed by atoms with Gasteiger partial charge < -0.3 is 20.5 Å². The zero-order valence-corrected chi connectivity index (χ0v) is 14.6. The van der Waals surface area contributed by atoms with E-state index >= 15 is 0 Å². The monoisotopic (exact) mass is 356 g/mol. The Hall–Kier alpha value is -2.28. The SMILES string of the molecule is COC(=O)[C@H](CC(C)C)NC(=O)COC(=O)c1ccc(Cl)cc1N. The minimum Gasteiger partial charge on any atom is -0.467 e. The van der Waals surface area contributed by atoms with Crippen LogP contribution in [-0.2, 0) is 19.1 Å². The van der Waals surface area contributed by atoms with Crippen LogP contribution in [0.2, 0.25) is 5.02 Å². The van der Waals surface area contributed by atoms with Crippen molar-refractivity contribution >= 4 is 35.1 Å². The molecule has 0 aliphatic rings. The number of rotatable bonds is 7. The molecule has 0 saturated carbocycles. The first-order valence-corrected chi connectivity index (χ1v) is 7.71. The number of amides is 1. The fourth-order valence-corrected chi connectivity index (χ4v) is 2.17. The minimum atomic E-state index is -0.790. The summed E-state index contributed by atoms with van der Waals surface area (Å²) in [5, 5.41) is 2.87. The van der Waals surface area contributed by atoms with E-state index in [1.807, 2.05) is 13.8 Å². The van der Waals surface area contributed by atoms with E-state index in [1.54, 1.807) is 0 Å². The number of ether oxygens (including phenoxy) is 2. The lowest BCUT2D eigenvalue weighted by Crippen LogP contribution is -2.44. The number of methoxy groups -OCH3 is 1. The smallest absolute Gasteiger partial charge is 0.340 e. The molecule has 0 spiro atoms. The van der Waals surface area contributed by atoms with E-state index in [0.717, 1.165) is 0 Å². The van der Waals surface area contributed by atoms with Crippen LogP contribution in [0.3, 0.4) is 0 Å². The van der Waals surface area contributed by atoms with Gasteiger partial charge in [-0.25, -0.2) is 9.59 Å². The van der Waals surface area contributed by atoms with Crippen LogP contribution in [0.4, 0.5) is 5.69 Å². The van der Waals surface area contributed by atoms with Crippen molar-refractivity contribution in [1.29, 1.82) is 0 Å². The summed E-state index contributed by atoms with van der Waals surface area (Å²) < 4.78 is 9.55. The predicted molar refractivity (Wildman–Crippen MR) is 89.5 cm³/mol. The van der Waals surface area contributed by atoms with Crippen molar-refractivity contribution in [2.75, 3.05) is 19.5 Å². The first kappa shape index (κ1) is 19.8. The summed E-state index contributed by atoms with van der Waals surface area (Å²) in [6.07, 6.45) is 0.413. The van der Waals surface area contributed by atoms with Crippen LogP contribution in [0.1, 0.15) is 30.6 Å². The molecule has 3 N–H and O–H groups in total. The number of benzene rings is 1. The van der Waals surface area contributed by atoms with E-state index in [2.05, 4.69) is 10.1 Å². The van der Waals surface area contributed by atoms with E-state index < -0.39 is 30.5 Å². The molecular formula is C16H21ClN2O5. The van der Waals surface area contributed by atoms with E-state index in [0.29, 0.717) is 11.4 Å². The molecule has 132 valence electrons. The number of hydrogen-bond acceptors (Lipinski definition) is 6. The Labute approximate surface area is 145 Å². The molecule has 0 saturated heterocycles. The number of nitrogens with one attached hydrogen (secondary N) is 1. The van der Waals surface area contributed by atoms with E-state index in [4.69, 9.17) is 22.1 Å². The number of anilines is 1. The molecule has 1 atom stereocenters. The molecule has 1 amide bonds. The molecule has 24 heavy (non-hydrogen) atoms. The van der Waals surface area contributed by atoms with Gasteiger partial charge >= 0.3 is 11.9 Å². The average Bonchev–Trinajstić information content (AvgIpc) is 2.50. The van der Waals surface area contributed by atoms with Crippen LogP contribution in [0, 0.1) is 5.92 Å². The van der Waals surface area contributed by atoms with Crippen molar-refractivity contribution in [3.63, 3.8) is 0 Å². The minimum absolute atomic E-state index is 0.110. The van der Waals surface area contributed by atoms with E-state index in [-0.39, 0.29) is 17.2 Å². The maximum absolute atomic E-state index is 11.9. The highest BCUT2D eigenvalue weighted by Gasteiger charge is 2.23. The molecule has 1 aromatic rings. The fourth-order valence-electron chi connectivity index (χ4n) is 1.99. The van der Waals surface area contributed by atoms with Crippen LogP contribution < -0.4 is 11.1 Å². The number of halogens is 1. The molecule has 8 heteroatoms. The van der Waals surface area contributed by atoms with Gasteiger partial charge in [-0.1, -0.05) is 25.4 Å². The van der Waals surface area contributed by atoms with Crippen molar-refractivity contribution < 1.29 is 23.9 Å². The Morgan fingerprint density at radius 1 is 1.29 bits per heavy atom. The van der Waals surface area contributed by atoms with Crippen LogP contribution >= 0.6 is 11.6 Å². The summed E-state index contributed by atoms with van der Waals surface area (Å²) in [6, 6.07) is 3.52. The highest BCUT2D eigenvalue weighted by atomic mass is 35.5.